The van der Waals surface area contributed by atoms with Crippen LogP contribution >= 0.6 is 11.3 Å². The van der Waals surface area contributed by atoms with E-state index in [4.69, 9.17) is 9.84 Å². The van der Waals surface area contributed by atoms with Crippen molar-refractivity contribution in [2.45, 2.75) is 6.92 Å². The molecule has 0 atom stereocenters. The Kier molecular flexibility index (Phi) is 3.99. The van der Waals surface area contributed by atoms with Gasteiger partial charge in [0.1, 0.15) is 5.00 Å². The molecule has 104 valence electrons. The van der Waals surface area contributed by atoms with Gasteiger partial charge in [0.05, 0.1) is 18.2 Å². The summed E-state index contributed by atoms with van der Waals surface area (Å²) in [6.07, 6.45) is 1.37. The number of thiophene rings is 1. The van der Waals surface area contributed by atoms with E-state index in [1.165, 1.54) is 30.7 Å². The molecule has 0 radical (unpaired) electrons. The highest BCUT2D eigenvalue weighted by atomic mass is 32.1. The minimum Gasteiger partial charge on any atom is -0.481 e. The molecule has 0 saturated carbocycles. The van der Waals surface area contributed by atoms with Crippen LogP contribution in [0.2, 0.25) is 0 Å². The van der Waals surface area contributed by atoms with E-state index >= 15 is 0 Å². The molecule has 2 heterocycles. The molecule has 1 amide bonds. The van der Waals surface area contributed by atoms with Gasteiger partial charge in [-0.25, -0.2) is 9.78 Å². The molecule has 20 heavy (non-hydrogen) atoms. The molecule has 6 nitrogen and oxygen atoms in total. The van der Waals surface area contributed by atoms with Gasteiger partial charge in [-0.05, 0) is 19.1 Å². The van der Waals surface area contributed by atoms with Crippen LogP contribution in [-0.2, 0) is 0 Å². The summed E-state index contributed by atoms with van der Waals surface area (Å²) in [6.45, 7) is 1.78. The molecule has 0 aliphatic rings. The van der Waals surface area contributed by atoms with Crippen LogP contribution in [-0.4, -0.2) is 29.1 Å². The molecule has 0 spiro atoms. The fourth-order valence-corrected chi connectivity index (χ4v) is 2.48. The summed E-state index contributed by atoms with van der Waals surface area (Å²) in [5.74, 6) is -1.08. The molecule has 7 heteroatoms. The highest BCUT2D eigenvalue weighted by Crippen LogP contribution is 2.28. The van der Waals surface area contributed by atoms with E-state index in [9.17, 15) is 9.59 Å². The fraction of sp³-hybridized carbons (Fsp3) is 0.154. The Balaban J connectivity index is 2.20. The third-order valence-electron chi connectivity index (χ3n) is 2.52. The molecular formula is C13H12N2O4S. The number of rotatable bonds is 4. The number of amides is 1. The van der Waals surface area contributed by atoms with Crippen molar-refractivity contribution in [3.05, 3.63) is 40.4 Å². The van der Waals surface area contributed by atoms with Gasteiger partial charge in [-0.15, -0.1) is 11.3 Å². The molecule has 0 unspecified atom stereocenters. The van der Waals surface area contributed by atoms with E-state index in [1.807, 2.05) is 0 Å². The minimum absolute atomic E-state index is 0.0855. The third kappa shape index (κ3) is 2.94. The van der Waals surface area contributed by atoms with E-state index in [1.54, 1.807) is 19.1 Å². The van der Waals surface area contributed by atoms with Crippen LogP contribution in [0.25, 0.3) is 0 Å². The number of anilines is 1. The lowest BCUT2D eigenvalue weighted by atomic mass is 10.2. The van der Waals surface area contributed by atoms with Gasteiger partial charge in [-0.2, -0.15) is 0 Å². The Labute approximate surface area is 119 Å². The number of carbonyl (C=O) groups is 2. The van der Waals surface area contributed by atoms with Crippen molar-refractivity contribution in [2.75, 3.05) is 12.4 Å². The lowest BCUT2D eigenvalue weighted by Gasteiger charge is -2.04. The number of carbonyl (C=O) groups excluding carboxylic acids is 1. The third-order valence-corrected chi connectivity index (χ3v) is 3.49. The smallest absolute Gasteiger partial charge is 0.338 e. The zero-order valence-electron chi connectivity index (χ0n) is 10.8. The number of aromatic carboxylic acids is 1. The number of pyridine rings is 1. The molecule has 2 aromatic rings. The first kappa shape index (κ1) is 14.0. The highest BCUT2D eigenvalue weighted by molar-refractivity contribution is 7.16. The van der Waals surface area contributed by atoms with Gasteiger partial charge < -0.3 is 15.2 Å². The number of carboxylic acids is 1. The van der Waals surface area contributed by atoms with Crippen LogP contribution in [0.5, 0.6) is 5.88 Å². The van der Waals surface area contributed by atoms with Crippen LogP contribution in [0.15, 0.2) is 24.4 Å². The lowest BCUT2D eigenvalue weighted by molar-refractivity contribution is 0.0698. The average Bonchev–Trinajstić information content (AvgIpc) is 2.80. The second-order valence-electron chi connectivity index (χ2n) is 3.95. The normalized spacial score (nSPS) is 10.1. The first-order chi connectivity index (χ1) is 9.51. The number of aromatic nitrogens is 1. The summed E-state index contributed by atoms with van der Waals surface area (Å²) >= 11 is 1.22. The number of aryl methyl sites for hydroxylation is 1. The summed E-state index contributed by atoms with van der Waals surface area (Å²) in [7, 11) is 1.48. The van der Waals surface area contributed by atoms with Gasteiger partial charge in [-0.1, -0.05) is 0 Å². The summed E-state index contributed by atoms with van der Waals surface area (Å²) in [4.78, 5) is 27.8. The van der Waals surface area contributed by atoms with Crippen molar-refractivity contribution in [1.82, 2.24) is 4.98 Å². The predicted octanol–water partition coefficient (Wildman–Crippen LogP) is 2.41. The average molecular weight is 292 g/mol. The van der Waals surface area contributed by atoms with E-state index in [0.29, 0.717) is 16.4 Å². The maximum atomic E-state index is 12.0. The van der Waals surface area contributed by atoms with Crippen LogP contribution < -0.4 is 10.1 Å². The summed E-state index contributed by atoms with van der Waals surface area (Å²) in [5, 5.41) is 12.0. The summed E-state index contributed by atoms with van der Waals surface area (Å²) in [6, 6.07) is 4.64. The first-order valence-electron chi connectivity index (χ1n) is 5.66. The van der Waals surface area contributed by atoms with Gasteiger partial charge in [0.15, 0.2) is 0 Å². The van der Waals surface area contributed by atoms with Crippen molar-refractivity contribution in [2.24, 2.45) is 0 Å². The molecule has 2 aromatic heterocycles. The summed E-state index contributed by atoms with van der Waals surface area (Å²) in [5.41, 5.74) is 0.413. The van der Waals surface area contributed by atoms with E-state index in [2.05, 4.69) is 10.3 Å². The summed E-state index contributed by atoms with van der Waals surface area (Å²) < 4.78 is 4.90. The van der Waals surface area contributed by atoms with Crippen molar-refractivity contribution in [1.29, 1.82) is 0 Å². The molecule has 0 saturated heterocycles. The fourth-order valence-electron chi connectivity index (χ4n) is 1.58. The molecular weight excluding hydrogens is 280 g/mol. The second kappa shape index (κ2) is 5.70. The van der Waals surface area contributed by atoms with E-state index in [0.717, 1.165) is 4.88 Å². The molecule has 2 N–H and O–H groups in total. The van der Waals surface area contributed by atoms with Gasteiger partial charge in [0.25, 0.3) is 5.91 Å². The van der Waals surface area contributed by atoms with Crippen molar-refractivity contribution >= 4 is 28.2 Å². The Morgan fingerprint density at radius 1 is 1.40 bits per heavy atom. The first-order valence-corrected chi connectivity index (χ1v) is 6.48. The number of methoxy groups -OCH3 is 1. The lowest BCUT2D eigenvalue weighted by Crippen LogP contribution is -2.13. The number of carboxylic acid groups (broad SMARTS) is 1. The predicted molar refractivity (Wildman–Crippen MR) is 74.8 cm³/mol. The molecule has 0 aromatic carbocycles. The number of hydrogen-bond donors (Lipinski definition) is 2. The minimum atomic E-state index is -1.07. The quantitative estimate of drug-likeness (QED) is 0.903. The number of nitrogens with zero attached hydrogens (tertiary/aromatic N) is 1. The highest BCUT2D eigenvalue weighted by Gasteiger charge is 2.16. The molecule has 2 rings (SSSR count). The van der Waals surface area contributed by atoms with Gasteiger partial charge in [-0.3, -0.25) is 4.79 Å². The SMILES string of the molecule is COc1ccc(C(=O)Nc2sc(C)cc2C(=O)O)cn1. The monoisotopic (exact) mass is 292 g/mol. The number of nitrogens with one attached hydrogen (secondary N) is 1. The Morgan fingerprint density at radius 3 is 2.70 bits per heavy atom. The van der Waals surface area contributed by atoms with Crippen molar-refractivity contribution in [3.63, 3.8) is 0 Å². The van der Waals surface area contributed by atoms with Gasteiger partial charge in [0.2, 0.25) is 5.88 Å². The maximum absolute atomic E-state index is 12.0. The van der Waals surface area contributed by atoms with Crippen LogP contribution in [0, 0.1) is 6.92 Å². The van der Waals surface area contributed by atoms with Gasteiger partial charge in [0, 0.05) is 17.1 Å². The number of hydrogen-bond acceptors (Lipinski definition) is 5. The Bertz CT molecular complexity index is 649. The molecule has 0 bridgehead atoms. The molecule has 0 fully saturated rings. The topological polar surface area (TPSA) is 88.5 Å². The zero-order valence-corrected chi connectivity index (χ0v) is 11.7. The molecule has 0 aliphatic carbocycles. The molecule has 0 aliphatic heterocycles. The van der Waals surface area contributed by atoms with Crippen LogP contribution in [0.3, 0.4) is 0 Å². The van der Waals surface area contributed by atoms with E-state index < -0.39 is 11.9 Å². The Morgan fingerprint density at radius 2 is 2.15 bits per heavy atom. The second-order valence-corrected chi connectivity index (χ2v) is 5.20. The van der Waals surface area contributed by atoms with E-state index in [-0.39, 0.29) is 5.56 Å². The standard InChI is InChI=1S/C13H12N2O4S/c1-7-5-9(13(17)18)12(20-7)15-11(16)8-3-4-10(19-2)14-6-8/h3-6H,1-2H3,(H,15,16)(H,17,18). The zero-order chi connectivity index (χ0) is 14.7. The van der Waals surface area contributed by atoms with Crippen LogP contribution in [0.1, 0.15) is 25.6 Å². The van der Waals surface area contributed by atoms with Crippen molar-refractivity contribution < 1.29 is 19.4 Å². The maximum Gasteiger partial charge on any atom is 0.338 e. The largest absolute Gasteiger partial charge is 0.481 e. The van der Waals surface area contributed by atoms with Crippen LogP contribution in [0.4, 0.5) is 5.00 Å². The van der Waals surface area contributed by atoms with Crippen molar-refractivity contribution in [3.8, 4) is 5.88 Å². The number of ether oxygens (including phenoxy) is 1. The Hall–Kier alpha value is -2.41. The van der Waals surface area contributed by atoms with Gasteiger partial charge >= 0.3 is 5.97 Å².